The summed E-state index contributed by atoms with van der Waals surface area (Å²) in [5.41, 5.74) is 3.25. The number of aromatic nitrogens is 1. The number of para-hydroxylation sites is 1. The molecule has 3 rings (SSSR count). The summed E-state index contributed by atoms with van der Waals surface area (Å²) in [6.07, 6.45) is 0.686. The van der Waals surface area contributed by atoms with Gasteiger partial charge in [0.05, 0.1) is 23.4 Å². The number of aryl methyl sites for hydroxylation is 1. The van der Waals surface area contributed by atoms with E-state index in [1.807, 2.05) is 42.5 Å². The second-order valence-electron chi connectivity index (χ2n) is 7.25. The van der Waals surface area contributed by atoms with E-state index < -0.39 is 12.0 Å². The van der Waals surface area contributed by atoms with Crippen LogP contribution in [0.4, 0.5) is 0 Å². The highest BCUT2D eigenvalue weighted by atomic mass is 16.5. The summed E-state index contributed by atoms with van der Waals surface area (Å²) < 4.78 is 5.67. The molecule has 0 bridgehead atoms. The Balaban J connectivity index is 1.51. The van der Waals surface area contributed by atoms with E-state index in [0.717, 1.165) is 16.5 Å². The van der Waals surface area contributed by atoms with Gasteiger partial charge in [-0.3, -0.25) is 9.78 Å². The zero-order chi connectivity index (χ0) is 21.5. The van der Waals surface area contributed by atoms with Crippen LogP contribution in [0, 0.1) is 6.92 Å². The van der Waals surface area contributed by atoms with E-state index in [2.05, 4.69) is 10.3 Å². The molecule has 1 atom stereocenters. The van der Waals surface area contributed by atoms with Gasteiger partial charge in [0.2, 0.25) is 0 Å². The molecular weight excluding hydrogens is 380 g/mol. The Kier molecular flexibility index (Phi) is 7.27. The highest BCUT2D eigenvalue weighted by Crippen LogP contribution is 2.18. The second kappa shape index (κ2) is 10.1. The Morgan fingerprint density at radius 3 is 2.67 bits per heavy atom. The number of benzene rings is 2. The molecule has 0 aliphatic rings. The molecular formula is C24H26N2O4. The average Bonchev–Trinajstić information content (AvgIpc) is 2.72. The third-order valence-electron chi connectivity index (χ3n) is 4.97. The first-order valence-electron chi connectivity index (χ1n) is 9.96. The van der Waals surface area contributed by atoms with Crippen molar-refractivity contribution in [2.45, 2.75) is 32.9 Å². The first-order chi connectivity index (χ1) is 14.5. The minimum atomic E-state index is -0.944. The Bertz CT molecular complexity index is 1050. The van der Waals surface area contributed by atoms with Crippen LogP contribution < -0.4 is 5.32 Å². The number of nitrogens with zero attached hydrogens (tertiary/aromatic N) is 1. The SMILES string of the molecule is CC(=O)C(NCCCOCc1cccc(C)c1C(=O)O)c1ccc2ccccc2n1. The monoisotopic (exact) mass is 406 g/mol. The number of hydrogen-bond donors (Lipinski definition) is 2. The molecule has 0 spiro atoms. The number of ketones is 1. The zero-order valence-corrected chi connectivity index (χ0v) is 17.2. The smallest absolute Gasteiger partial charge is 0.336 e. The summed E-state index contributed by atoms with van der Waals surface area (Å²) >= 11 is 0. The van der Waals surface area contributed by atoms with Crippen molar-refractivity contribution in [2.24, 2.45) is 0 Å². The van der Waals surface area contributed by atoms with Crippen molar-refractivity contribution in [3.8, 4) is 0 Å². The molecule has 0 saturated carbocycles. The van der Waals surface area contributed by atoms with E-state index in [-0.39, 0.29) is 12.4 Å². The lowest BCUT2D eigenvalue weighted by Crippen LogP contribution is -2.29. The van der Waals surface area contributed by atoms with E-state index in [1.165, 1.54) is 0 Å². The molecule has 1 unspecified atom stereocenters. The summed E-state index contributed by atoms with van der Waals surface area (Å²) in [5.74, 6) is -0.940. The van der Waals surface area contributed by atoms with Crippen LogP contribution in [0.3, 0.4) is 0 Å². The molecule has 0 aliphatic carbocycles. The first kappa shape index (κ1) is 21.6. The third-order valence-corrected chi connectivity index (χ3v) is 4.97. The van der Waals surface area contributed by atoms with Gasteiger partial charge in [-0.1, -0.05) is 42.5 Å². The molecule has 2 N–H and O–H groups in total. The first-order valence-corrected chi connectivity index (χ1v) is 9.96. The molecule has 156 valence electrons. The number of aromatic carboxylic acids is 1. The maximum absolute atomic E-state index is 12.1. The van der Waals surface area contributed by atoms with Crippen LogP contribution in [0.5, 0.6) is 0 Å². The van der Waals surface area contributed by atoms with Crippen LogP contribution >= 0.6 is 0 Å². The van der Waals surface area contributed by atoms with Crippen molar-refractivity contribution < 1.29 is 19.4 Å². The van der Waals surface area contributed by atoms with Gasteiger partial charge >= 0.3 is 5.97 Å². The summed E-state index contributed by atoms with van der Waals surface area (Å²) in [6, 6.07) is 16.6. The molecule has 30 heavy (non-hydrogen) atoms. The van der Waals surface area contributed by atoms with Crippen LogP contribution in [0.2, 0.25) is 0 Å². The molecule has 2 aromatic carbocycles. The highest BCUT2D eigenvalue weighted by molar-refractivity contribution is 5.91. The van der Waals surface area contributed by atoms with Crippen molar-refractivity contribution in [3.05, 3.63) is 77.0 Å². The minimum Gasteiger partial charge on any atom is -0.478 e. The molecule has 0 fully saturated rings. The fourth-order valence-electron chi connectivity index (χ4n) is 3.46. The molecule has 6 heteroatoms. The van der Waals surface area contributed by atoms with Gasteiger partial charge in [0, 0.05) is 12.0 Å². The molecule has 0 aliphatic heterocycles. The Morgan fingerprint density at radius 2 is 1.90 bits per heavy atom. The van der Waals surface area contributed by atoms with Gasteiger partial charge in [-0.15, -0.1) is 0 Å². The van der Waals surface area contributed by atoms with Crippen molar-refractivity contribution in [2.75, 3.05) is 13.2 Å². The van der Waals surface area contributed by atoms with E-state index in [9.17, 15) is 14.7 Å². The molecule has 0 saturated heterocycles. The predicted octanol–water partition coefficient (Wildman–Crippen LogP) is 4.07. The van der Waals surface area contributed by atoms with Crippen LogP contribution in [0.1, 0.15) is 46.6 Å². The fourth-order valence-corrected chi connectivity index (χ4v) is 3.46. The number of ether oxygens (including phenoxy) is 1. The van der Waals surface area contributed by atoms with E-state index in [0.29, 0.717) is 36.4 Å². The summed E-state index contributed by atoms with van der Waals surface area (Å²) in [7, 11) is 0. The standard InChI is InChI=1S/C24H26N2O4/c1-16-7-5-9-19(22(16)24(28)29)15-30-14-6-13-25-23(17(2)27)21-12-11-18-8-3-4-10-20(18)26-21/h3-5,7-12,23,25H,6,13-15H2,1-2H3,(H,28,29). The van der Waals surface area contributed by atoms with Crippen molar-refractivity contribution in [1.82, 2.24) is 10.3 Å². The molecule has 1 heterocycles. The molecule has 0 radical (unpaired) electrons. The summed E-state index contributed by atoms with van der Waals surface area (Å²) in [6.45, 7) is 4.61. The normalized spacial score (nSPS) is 12.1. The Hall–Kier alpha value is -3.09. The lowest BCUT2D eigenvalue weighted by molar-refractivity contribution is -0.119. The van der Waals surface area contributed by atoms with Gasteiger partial charge < -0.3 is 15.2 Å². The van der Waals surface area contributed by atoms with Crippen LogP contribution in [-0.4, -0.2) is 35.0 Å². The number of carbonyl (C=O) groups is 2. The quantitative estimate of drug-likeness (QED) is 0.494. The van der Waals surface area contributed by atoms with E-state index >= 15 is 0 Å². The minimum absolute atomic E-state index is 0.00422. The van der Waals surface area contributed by atoms with Crippen LogP contribution in [-0.2, 0) is 16.1 Å². The molecule has 3 aromatic rings. The van der Waals surface area contributed by atoms with Gasteiger partial charge in [-0.25, -0.2) is 4.79 Å². The number of hydrogen-bond acceptors (Lipinski definition) is 5. The zero-order valence-electron chi connectivity index (χ0n) is 17.2. The average molecular weight is 406 g/mol. The Labute approximate surface area is 175 Å². The molecule has 0 amide bonds. The van der Waals surface area contributed by atoms with Gasteiger partial charge in [-0.05, 0) is 50.1 Å². The molecule has 1 aromatic heterocycles. The van der Waals surface area contributed by atoms with Gasteiger partial charge in [0.1, 0.15) is 6.04 Å². The lowest BCUT2D eigenvalue weighted by atomic mass is 10.0. The number of rotatable bonds is 10. The third kappa shape index (κ3) is 5.28. The number of pyridine rings is 1. The second-order valence-corrected chi connectivity index (χ2v) is 7.25. The summed E-state index contributed by atoms with van der Waals surface area (Å²) in [5, 5.41) is 13.7. The number of carboxylic acids is 1. The van der Waals surface area contributed by atoms with Crippen molar-refractivity contribution in [3.63, 3.8) is 0 Å². The van der Waals surface area contributed by atoms with Crippen LogP contribution in [0.15, 0.2) is 54.6 Å². The van der Waals surface area contributed by atoms with Crippen molar-refractivity contribution in [1.29, 1.82) is 0 Å². The maximum atomic E-state index is 12.1. The predicted molar refractivity (Wildman–Crippen MR) is 116 cm³/mol. The molecule has 6 nitrogen and oxygen atoms in total. The van der Waals surface area contributed by atoms with Gasteiger partial charge in [0.25, 0.3) is 0 Å². The maximum Gasteiger partial charge on any atom is 0.336 e. The Morgan fingerprint density at radius 1 is 1.10 bits per heavy atom. The number of fused-ring (bicyclic) bond motifs is 1. The fraction of sp³-hybridized carbons (Fsp3) is 0.292. The number of nitrogens with one attached hydrogen (secondary N) is 1. The van der Waals surface area contributed by atoms with Gasteiger partial charge in [-0.2, -0.15) is 0 Å². The highest BCUT2D eigenvalue weighted by Gasteiger charge is 2.18. The van der Waals surface area contributed by atoms with Crippen molar-refractivity contribution >= 4 is 22.7 Å². The van der Waals surface area contributed by atoms with E-state index in [1.54, 1.807) is 26.0 Å². The van der Waals surface area contributed by atoms with E-state index in [4.69, 9.17) is 4.74 Å². The van der Waals surface area contributed by atoms with Gasteiger partial charge in [0.15, 0.2) is 5.78 Å². The number of carbonyl (C=O) groups excluding carboxylic acids is 1. The number of carboxylic acid groups (broad SMARTS) is 1. The topological polar surface area (TPSA) is 88.5 Å². The largest absolute Gasteiger partial charge is 0.478 e. The lowest BCUT2D eigenvalue weighted by Gasteiger charge is -2.16. The summed E-state index contributed by atoms with van der Waals surface area (Å²) in [4.78, 5) is 28.2. The number of Topliss-reactive ketones (excluding diaryl/α,β-unsaturated/α-hetero) is 1. The van der Waals surface area contributed by atoms with Crippen LogP contribution in [0.25, 0.3) is 10.9 Å².